The van der Waals surface area contributed by atoms with Crippen LogP contribution in [0.25, 0.3) is 0 Å². The lowest BCUT2D eigenvalue weighted by Crippen LogP contribution is -2.40. The number of amides is 2. The molecule has 0 saturated heterocycles. The minimum Gasteiger partial charge on any atom is -0.375 e. The van der Waals surface area contributed by atoms with Gasteiger partial charge >= 0.3 is 6.03 Å². The molecule has 0 atom stereocenters. The quantitative estimate of drug-likeness (QED) is 0.849. The van der Waals surface area contributed by atoms with Crippen LogP contribution in [0.5, 0.6) is 0 Å². The zero-order valence-electron chi connectivity index (χ0n) is 15.0. The molecule has 2 amide bonds. The lowest BCUT2D eigenvalue weighted by molar-refractivity contribution is 0.191. The van der Waals surface area contributed by atoms with Gasteiger partial charge in [-0.25, -0.2) is 13.6 Å². The summed E-state index contributed by atoms with van der Waals surface area (Å²) in [5.41, 5.74) is 1.68. The first kappa shape index (κ1) is 18.2. The van der Waals surface area contributed by atoms with E-state index in [-0.39, 0.29) is 36.8 Å². The summed E-state index contributed by atoms with van der Waals surface area (Å²) in [6.07, 6.45) is 1.85. The topological polar surface area (TPSA) is 35.6 Å². The molecule has 0 bridgehead atoms. The van der Waals surface area contributed by atoms with Crippen LogP contribution in [-0.4, -0.2) is 31.1 Å². The molecule has 6 heteroatoms. The molecule has 0 radical (unpaired) electrons. The van der Waals surface area contributed by atoms with E-state index in [9.17, 15) is 13.6 Å². The Morgan fingerprint density at radius 3 is 2.46 bits per heavy atom. The Morgan fingerprint density at radius 2 is 1.85 bits per heavy atom. The first-order chi connectivity index (χ1) is 12.5. The number of nitrogens with one attached hydrogen (secondary N) is 1. The van der Waals surface area contributed by atoms with Crippen molar-refractivity contribution in [1.82, 2.24) is 10.2 Å². The SMILES string of the molecule is CN(C)c1ccc(CNC(=O)N(Cc2ccccc2F)C2CC2)cc1F. The van der Waals surface area contributed by atoms with Crippen LogP contribution in [0.2, 0.25) is 0 Å². The van der Waals surface area contributed by atoms with Crippen LogP contribution in [0.15, 0.2) is 42.5 Å². The third-order valence-corrected chi connectivity index (χ3v) is 4.48. The minimum atomic E-state index is -0.327. The van der Waals surface area contributed by atoms with Gasteiger partial charge < -0.3 is 15.1 Å². The molecule has 1 fully saturated rings. The van der Waals surface area contributed by atoms with Crippen LogP contribution in [0, 0.1) is 11.6 Å². The molecule has 4 nitrogen and oxygen atoms in total. The van der Waals surface area contributed by atoms with E-state index in [4.69, 9.17) is 0 Å². The van der Waals surface area contributed by atoms with Gasteiger partial charge in [-0.2, -0.15) is 0 Å². The van der Waals surface area contributed by atoms with E-state index >= 15 is 0 Å². The predicted molar refractivity (Wildman–Crippen MR) is 97.9 cm³/mol. The molecule has 0 aromatic heterocycles. The maximum Gasteiger partial charge on any atom is 0.318 e. The Balaban J connectivity index is 1.64. The van der Waals surface area contributed by atoms with E-state index in [2.05, 4.69) is 5.32 Å². The number of benzene rings is 2. The van der Waals surface area contributed by atoms with Crippen LogP contribution in [0.1, 0.15) is 24.0 Å². The Bertz CT molecular complexity index is 790. The van der Waals surface area contributed by atoms with Crippen molar-refractivity contribution >= 4 is 11.7 Å². The highest BCUT2D eigenvalue weighted by Crippen LogP contribution is 2.29. The molecule has 138 valence electrons. The van der Waals surface area contributed by atoms with E-state index in [1.165, 1.54) is 12.1 Å². The Hall–Kier alpha value is -2.63. The van der Waals surface area contributed by atoms with Gasteiger partial charge in [-0.1, -0.05) is 24.3 Å². The Labute approximate surface area is 152 Å². The molecule has 0 heterocycles. The van der Waals surface area contributed by atoms with Crippen LogP contribution < -0.4 is 10.2 Å². The van der Waals surface area contributed by atoms with Gasteiger partial charge in [0.2, 0.25) is 0 Å². The van der Waals surface area contributed by atoms with Gasteiger partial charge in [-0.15, -0.1) is 0 Å². The number of halogens is 2. The van der Waals surface area contributed by atoms with Crippen LogP contribution in [0.4, 0.5) is 19.3 Å². The van der Waals surface area contributed by atoms with Crippen molar-refractivity contribution in [3.8, 4) is 0 Å². The third kappa shape index (κ3) is 4.31. The monoisotopic (exact) mass is 359 g/mol. The fraction of sp³-hybridized carbons (Fsp3) is 0.350. The van der Waals surface area contributed by atoms with E-state index in [1.807, 2.05) is 0 Å². The van der Waals surface area contributed by atoms with Crippen molar-refractivity contribution in [2.45, 2.75) is 32.0 Å². The summed E-state index contributed by atoms with van der Waals surface area (Å²) >= 11 is 0. The highest BCUT2D eigenvalue weighted by molar-refractivity contribution is 5.75. The van der Waals surface area contributed by atoms with Gasteiger partial charge in [0, 0.05) is 32.2 Å². The standard InChI is InChI=1S/C20H23F2N3O/c1-24(2)19-10-7-14(11-18(19)22)12-23-20(26)25(16-8-9-16)13-15-5-3-4-6-17(15)21/h3-7,10-11,16H,8-9,12-13H2,1-2H3,(H,23,26). The molecule has 3 rings (SSSR count). The Morgan fingerprint density at radius 1 is 1.12 bits per heavy atom. The first-order valence-electron chi connectivity index (χ1n) is 8.69. The highest BCUT2D eigenvalue weighted by Gasteiger charge is 2.33. The maximum atomic E-state index is 14.0. The second-order valence-electron chi connectivity index (χ2n) is 6.79. The first-order valence-corrected chi connectivity index (χ1v) is 8.69. The number of carbonyl (C=O) groups is 1. The van der Waals surface area contributed by atoms with Gasteiger partial charge in [0.1, 0.15) is 11.6 Å². The van der Waals surface area contributed by atoms with E-state index in [0.29, 0.717) is 16.8 Å². The van der Waals surface area contributed by atoms with E-state index in [0.717, 1.165) is 12.8 Å². The van der Waals surface area contributed by atoms with Crippen molar-refractivity contribution in [2.75, 3.05) is 19.0 Å². The summed E-state index contributed by atoms with van der Waals surface area (Å²) in [5.74, 6) is -0.639. The molecular formula is C20H23F2N3O. The van der Waals surface area contributed by atoms with Gasteiger partial charge in [0.05, 0.1) is 12.2 Å². The molecular weight excluding hydrogens is 336 g/mol. The molecule has 1 aliphatic rings. The fourth-order valence-corrected chi connectivity index (χ4v) is 2.87. The number of hydrogen-bond donors (Lipinski definition) is 1. The number of anilines is 1. The molecule has 1 N–H and O–H groups in total. The third-order valence-electron chi connectivity index (χ3n) is 4.48. The molecule has 26 heavy (non-hydrogen) atoms. The summed E-state index contributed by atoms with van der Waals surface area (Å²) < 4.78 is 27.9. The molecule has 2 aromatic carbocycles. The molecule has 2 aromatic rings. The maximum absolute atomic E-state index is 14.0. The van der Waals surface area contributed by atoms with Crippen molar-refractivity contribution in [1.29, 1.82) is 0 Å². The largest absolute Gasteiger partial charge is 0.375 e. The molecule has 0 spiro atoms. The van der Waals surface area contributed by atoms with Gasteiger partial charge in [0.15, 0.2) is 0 Å². The number of hydrogen-bond acceptors (Lipinski definition) is 2. The summed E-state index contributed by atoms with van der Waals surface area (Å²) in [4.78, 5) is 15.9. The second-order valence-corrected chi connectivity index (χ2v) is 6.79. The van der Waals surface area contributed by atoms with E-state index in [1.54, 1.807) is 54.2 Å². The van der Waals surface area contributed by atoms with Crippen molar-refractivity contribution < 1.29 is 13.6 Å². The van der Waals surface area contributed by atoms with Gasteiger partial charge in [-0.3, -0.25) is 0 Å². The zero-order valence-corrected chi connectivity index (χ0v) is 15.0. The average Bonchev–Trinajstić information content (AvgIpc) is 3.43. The number of urea groups is 1. The lowest BCUT2D eigenvalue weighted by Gasteiger charge is -2.23. The van der Waals surface area contributed by atoms with Gasteiger partial charge in [0.25, 0.3) is 0 Å². The van der Waals surface area contributed by atoms with Crippen LogP contribution >= 0.6 is 0 Å². The number of nitrogens with zero attached hydrogens (tertiary/aromatic N) is 2. The van der Waals surface area contributed by atoms with Crippen molar-refractivity contribution in [2.24, 2.45) is 0 Å². The summed E-state index contributed by atoms with van der Waals surface area (Å²) in [7, 11) is 3.55. The number of carbonyl (C=O) groups excluding carboxylic acids is 1. The lowest BCUT2D eigenvalue weighted by atomic mass is 10.2. The Kier molecular flexibility index (Phi) is 5.40. The predicted octanol–water partition coefficient (Wildman–Crippen LogP) is 3.91. The highest BCUT2D eigenvalue weighted by atomic mass is 19.1. The van der Waals surface area contributed by atoms with Crippen LogP contribution in [-0.2, 0) is 13.1 Å². The molecule has 0 aliphatic heterocycles. The van der Waals surface area contributed by atoms with Gasteiger partial charge in [-0.05, 0) is 36.6 Å². The van der Waals surface area contributed by atoms with E-state index < -0.39 is 0 Å². The van der Waals surface area contributed by atoms with Crippen molar-refractivity contribution in [3.63, 3.8) is 0 Å². The summed E-state index contributed by atoms with van der Waals surface area (Å²) in [6.45, 7) is 0.459. The smallest absolute Gasteiger partial charge is 0.318 e. The van der Waals surface area contributed by atoms with Crippen LogP contribution in [0.3, 0.4) is 0 Å². The number of rotatable bonds is 6. The normalized spacial score (nSPS) is 13.4. The summed E-state index contributed by atoms with van der Waals surface area (Å²) in [6, 6.07) is 11.3. The second kappa shape index (κ2) is 7.72. The fourth-order valence-electron chi connectivity index (χ4n) is 2.87. The summed E-state index contributed by atoms with van der Waals surface area (Å²) in [5, 5.41) is 2.82. The average molecular weight is 359 g/mol. The molecule has 1 saturated carbocycles. The molecule has 0 unspecified atom stereocenters. The van der Waals surface area contributed by atoms with Crippen molar-refractivity contribution in [3.05, 3.63) is 65.2 Å². The zero-order chi connectivity index (χ0) is 18.7. The molecule has 1 aliphatic carbocycles. The minimum absolute atomic E-state index is 0.141.